The van der Waals surface area contributed by atoms with Crippen molar-refractivity contribution in [2.75, 3.05) is 20.2 Å². The van der Waals surface area contributed by atoms with Crippen LogP contribution in [0, 0.1) is 5.92 Å². The smallest absolute Gasteiger partial charge is 0.243 e. The highest BCUT2D eigenvalue weighted by Crippen LogP contribution is 2.25. The molecule has 1 N–H and O–H groups in total. The number of halogens is 1. The zero-order valence-corrected chi connectivity index (χ0v) is 18.0. The third kappa shape index (κ3) is 4.74. The zero-order chi connectivity index (χ0) is 20.1. The van der Waals surface area contributed by atoms with Crippen molar-refractivity contribution in [1.82, 2.24) is 9.62 Å². The van der Waals surface area contributed by atoms with E-state index in [2.05, 4.69) is 21.2 Å². The largest absolute Gasteiger partial charge is 0.496 e. The predicted octanol–water partition coefficient (Wildman–Crippen LogP) is 3.17. The summed E-state index contributed by atoms with van der Waals surface area (Å²) < 4.78 is 33.1. The number of benzene rings is 2. The van der Waals surface area contributed by atoms with E-state index in [9.17, 15) is 13.2 Å². The Hall–Kier alpha value is -1.90. The summed E-state index contributed by atoms with van der Waals surface area (Å²) in [4.78, 5) is 12.8. The van der Waals surface area contributed by atoms with Crippen LogP contribution >= 0.6 is 15.9 Å². The number of amides is 1. The van der Waals surface area contributed by atoms with Crippen LogP contribution in [0.3, 0.4) is 0 Å². The molecule has 1 aliphatic heterocycles. The number of methoxy groups -OCH3 is 1. The Bertz CT molecular complexity index is 926. The van der Waals surface area contributed by atoms with Crippen molar-refractivity contribution in [1.29, 1.82) is 0 Å². The summed E-state index contributed by atoms with van der Waals surface area (Å²) >= 11 is 3.42. The molecule has 0 spiro atoms. The molecule has 1 heterocycles. The molecule has 1 aliphatic rings. The first-order valence-corrected chi connectivity index (χ1v) is 11.3. The van der Waals surface area contributed by atoms with Gasteiger partial charge in [-0.25, -0.2) is 8.42 Å². The van der Waals surface area contributed by atoms with E-state index in [0.29, 0.717) is 43.1 Å². The molecule has 0 aliphatic carbocycles. The normalized spacial score (nSPS) is 15.9. The summed E-state index contributed by atoms with van der Waals surface area (Å²) in [6.07, 6.45) is 1.01. The topological polar surface area (TPSA) is 75.7 Å². The average molecular weight is 467 g/mol. The summed E-state index contributed by atoms with van der Waals surface area (Å²) in [5, 5.41) is 2.95. The van der Waals surface area contributed by atoms with E-state index in [-0.39, 0.29) is 11.8 Å². The molecule has 0 aromatic heterocycles. The maximum absolute atomic E-state index is 12.7. The van der Waals surface area contributed by atoms with Gasteiger partial charge in [0.15, 0.2) is 0 Å². The van der Waals surface area contributed by atoms with Crippen molar-refractivity contribution < 1.29 is 17.9 Å². The number of carbonyl (C=O) groups is 1. The number of hydrogen-bond acceptors (Lipinski definition) is 4. The maximum Gasteiger partial charge on any atom is 0.243 e. The van der Waals surface area contributed by atoms with Crippen LogP contribution in [0.4, 0.5) is 0 Å². The average Bonchev–Trinajstić information content (AvgIpc) is 2.73. The molecule has 1 fully saturated rings. The van der Waals surface area contributed by atoms with Gasteiger partial charge in [-0.2, -0.15) is 4.31 Å². The highest BCUT2D eigenvalue weighted by Gasteiger charge is 2.31. The molecule has 0 saturated carbocycles. The van der Waals surface area contributed by atoms with E-state index in [4.69, 9.17) is 4.74 Å². The van der Waals surface area contributed by atoms with Crippen LogP contribution in [0.5, 0.6) is 5.75 Å². The van der Waals surface area contributed by atoms with Crippen molar-refractivity contribution in [3.8, 4) is 5.75 Å². The highest BCUT2D eigenvalue weighted by atomic mass is 79.9. The predicted molar refractivity (Wildman–Crippen MR) is 110 cm³/mol. The molecule has 28 heavy (non-hydrogen) atoms. The van der Waals surface area contributed by atoms with Crippen molar-refractivity contribution in [3.63, 3.8) is 0 Å². The molecule has 2 aromatic carbocycles. The Morgan fingerprint density at radius 3 is 2.50 bits per heavy atom. The van der Waals surface area contributed by atoms with Gasteiger partial charge in [0.05, 0.1) is 12.0 Å². The Balaban J connectivity index is 1.56. The van der Waals surface area contributed by atoms with Crippen molar-refractivity contribution in [3.05, 3.63) is 58.6 Å². The van der Waals surface area contributed by atoms with Crippen molar-refractivity contribution >= 4 is 31.9 Å². The molecule has 0 radical (unpaired) electrons. The van der Waals surface area contributed by atoms with E-state index in [1.165, 1.54) is 4.31 Å². The van der Waals surface area contributed by atoms with Gasteiger partial charge >= 0.3 is 0 Å². The van der Waals surface area contributed by atoms with E-state index in [1.54, 1.807) is 37.4 Å². The van der Waals surface area contributed by atoms with Crippen LogP contribution in [-0.2, 0) is 21.4 Å². The molecule has 8 heteroatoms. The third-order valence-electron chi connectivity index (χ3n) is 4.90. The lowest BCUT2D eigenvalue weighted by Crippen LogP contribution is -2.42. The number of piperidine rings is 1. The molecular weight excluding hydrogens is 444 g/mol. The molecule has 1 amide bonds. The fraction of sp³-hybridized carbons (Fsp3) is 0.350. The number of nitrogens with one attached hydrogen (secondary N) is 1. The monoisotopic (exact) mass is 466 g/mol. The summed E-state index contributed by atoms with van der Waals surface area (Å²) in [6.45, 7) is 1.05. The maximum atomic E-state index is 12.7. The number of ether oxygens (including phenoxy) is 1. The second kappa shape index (κ2) is 9.07. The van der Waals surface area contributed by atoms with Gasteiger partial charge in [0.1, 0.15) is 5.75 Å². The minimum Gasteiger partial charge on any atom is -0.496 e. The molecule has 2 aromatic rings. The lowest BCUT2D eigenvalue weighted by molar-refractivity contribution is -0.126. The molecule has 3 rings (SSSR count). The standard InChI is InChI=1S/C20H23BrN2O4S/c1-27-19-8-7-17(21)13-16(19)14-22-20(24)15-9-11-23(12-10-15)28(25,26)18-5-3-2-4-6-18/h2-8,13,15H,9-12,14H2,1H3,(H,22,24). The summed E-state index contributed by atoms with van der Waals surface area (Å²) in [5.41, 5.74) is 0.884. The molecule has 1 saturated heterocycles. The van der Waals surface area contributed by atoms with Gasteiger partial charge in [0, 0.05) is 35.6 Å². The lowest BCUT2D eigenvalue weighted by Gasteiger charge is -2.30. The molecule has 0 bridgehead atoms. The van der Waals surface area contributed by atoms with E-state index in [0.717, 1.165) is 10.0 Å². The van der Waals surface area contributed by atoms with Crippen LogP contribution in [0.25, 0.3) is 0 Å². The third-order valence-corrected chi connectivity index (χ3v) is 7.31. The fourth-order valence-corrected chi connectivity index (χ4v) is 5.21. The Morgan fingerprint density at radius 1 is 1.18 bits per heavy atom. The van der Waals surface area contributed by atoms with Crippen LogP contribution in [0.2, 0.25) is 0 Å². The summed E-state index contributed by atoms with van der Waals surface area (Å²) in [7, 11) is -1.91. The van der Waals surface area contributed by atoms with Crippen LogP contribution in [-0.4, -0.2) is 38.8 Å². The molecule has 0 atom stereocenters. The van der Waals surface area contributed by atoms with Crippen LogP contribution in [0.15, 0.2) is 57.9 Å². The summed E-state index contributed by atoms with van der Waals surface area (Å²) in [5.74, 6) is 0.464. The number of hydrogen-bond donors (Lipinski definition) is 1. The first-order valence-electron chi connectivity index (χ1n) is 9.07. The van der Waals surface area contributed by atoms with E-state index in [1.807, 2.05) is 18.2 Å². The molecular formula is C20H23BrN2O4S. The Morgan fingerprint density at radius 2 is 1.86 bits per heavy atom. The second-order valence-corrected chi connectivity index (χ2v) is 9.52. The van der Waals surface area contributed by atoms with Gasteiger partial charge in [-0.1, -0.05) is 34.1 Å². The lowest BCUT2D eigenvalue weighted by atomic mass is 9.97. The minimum absolute atomic E-state index is 0.0567. The fourth-order valence-electron chi connectivity index (χ4n) is 3.31. The molecule has 6 nitrogen and oxygen atoms in total. The number of carbonyl (C=O) groups excluding carboxylic acids is 1. The van der Waals surface area contributed by atoms with Crippen LogP contribution in [0.1, 0.15) is 18.4 Å². The Kier molecular flexibility index (Phi) is 6.74. The minimum atomic E-state index is -3.50. The van der Waals surface area contributed by atoms with Crippen LogP contribution < -0.4 is 10.1 Å². The molecule has 0 unspecified atom stereocenters. The van der Waals surface area contributed by atoms with Gasteiger partial charge in [0.25, 0.3) is 0 Å². The van der Waals surface area contributed by atoms with Crippen molar-refractivity contribution in [2.45, 2.75) is 24.3 Å². The van der Waals surface area contributed by atoms with E-state index < -0.39 is 10.0 Å². The highest BCUT2D eigenvalue weighted by molar-refractivity contribution is 9.10. The van der Waals surface area contributed by atoms with E-state index >= 15 is 0 Å². The van der Waals surface area contributed by atoms with Crippen molar-refractivity contribution in [2.24, 2.45) is 5.92 Å². The number of sulfonamides is 1. The first-order chi connectivity index (χ1) is 13.4. The van der Waals surface area contributed by atoms with Gasteiger partial charge in [-0.15, -0.1) is 0 Å². The number of nitrogens with zero attached hydrogens (tertiary/aromatic N) is 1. The number of rotatable bonds is 6. The quantitative estimate of drug-likeness (QED) is 0.708. The SMILES string of the molecule is COc1ccc(Br)cc1CNC(=O)C1CCN(S(=O)(=O)c2ccccc2)CC1. The zero-order valence-electron chi connectivity index (χ0n) is 15.6. The van der Waals surface area contributed by atoms with Gasteiger partial charge < -0.3 is 10.1 Å². The van der Waals surface area contributed by atoms with Gasteiger partial charge in [0.2, 0.25) is 15.9 Å². The van der Waals surface area contributed by atoms with Gasteiger partial charge in [-0.3, -0.25) is 4.79 Å². The first kappa shape index (κ1) is 20.8. The molecule has 150 valence electrons. The summed E-state index contributed by atoms with van der Waals surface area (Å²) in [6, 6.07) is 14.0. The van der Waals surface area contributed by atoms with Gasteiger partial charge in [-0.05, 0) is 43.2 Å². The Labute approximate surface area is 174 Å². The second-order valence-electron chi connectivity index (χ2n) is 6.67.